The van der Waals surface area contributed by atoms with E-state index in [0.29, 0.717) is 18.7 Å². The van der Waals surface area contributed by atoms with Crippen molar-refractivity contribution in [2.75, 3.05) is 13.1 Å². The molecule has 1 aromatic heterocycles. The van der Waals surface area contributed by atoms with E-state index in [1.807, 2.05) is 33.8 Å². The summed E-state index contributed by atoms with van der Waals surface area (Å²) in [6.45, 7) is 8.52. The van der Waals surface area contributed by atoms with Crippen LogP contribution in [0.25, 0.3) is 0 Å². The molecule has 4 heteroatoms. The molecule has 4 nitrogen and oxygen atoms in total. The van der Waals surface area contributed by atoms with E-state index < -0.39 is 0 Å². The molecule has 1 atom stereocenters. The van der Waals surface area contributed by atoms with Gasteiger partial charge in [-0.05, 0) is 39.8 Å². The number of hydrogen-bond donors (Lipinski definition) is 0. The predicted molar refractivity (Wildman–Crippen MR) is 70.1 cm³/mol. The maximum Gasteiger partial charge on any atom is 0.255 e. The molecular weight excluding hydrogens is 226 g/mol. The van der Waals surface area contributed by atoms with Crippen LogP contribution in [-0.4, -0.2) is 28.9 Å². The van der Waals surface area contributed by atoms with Crippen LogP contribution >= 0.6 is 0 Å². The highest BCUT2D eigenvalue weighted by molar-refractivity contribution is 5.95. The first-order valence-electron chi connectivity index (χ1n) is 6.12. The topological polar surface area (TPSA) is 57.0 Å². The van der Waals surface area contributed by atoms with Crippen molar-refractivity contribution in [3.63, 3.8) is 0 Å². The molecule has 0 aliphatic carbocycles. The summed E-state index contributed by atoms with van der Waals surface area (Å²) in [4.78, 5) is 18.3. The third kappa shape index (κ3) is 3.30. The summed E-state index contributed by atoms with van der Waals surface area (Å²) in [5.41, 5.74) is 2.26. The average molecular weight is 245 g/mol. The van der Waals surface area contributed by atoms with E-state index in [0.717, 1.165) is 11.4 Å². The number of amides is 1. The van der Waals surface area contributed by atoms with Crippen molar-refractivity contribution in [3.05, 3.63) is 29.1 Å². The molecule has 18 heavy (non-hydrogen) atoms. The molecule has 0 fully saturated rings. The summed E-state index contributed by atoms with van der Waals surface area (Å²) in [7, 11) is 0. The van der Waals surface area contributed by atoms with Crippen molar-refractivity contribution < 1.29 is 4.79 Å². The fourth-order valence-corrected chi connectivity index (χ4v) is 1.81. The monoisotopic (exact) mass is 245 g/mol. The highest BCUT2D eigenvalue weighted by atomic mass is 16.2. The van der Waals surface area contributed by atoms with E-state index in [2.05, 4.69) is 11.1 Å². The van der Waals surface area contributed by atoms with Crippen molar-refractivity contribution in [1.82, 2.24) is 9.88 Å². The molecule has 1 amide bonds. The molecule has 1 aromatic rings. The van der Waals surface area contributed by atoms with Gasteiger partial charge in [-0.1, -0.05) is 0 Å². The Bertz CT molecular complexity index is 476. The van der Waals surface area contributed by atoms with Gasteiger partial charge in [0.05, 0.1) is 23.2 Å². The summed E-state index contributed by atoms with van der Waals surface area (Å²) < 4.78 is 0. The molecule has 1 unspecified atom stereocenters. The quantitative estimate of drug-likeness (QED) is 0.818. The lowest BCUT2D eigenvalue weighted by atomic mass is 10.1. The standard InChI is InChI=1S/C14H19N3O/c1-5-17(9-10(2)8-15)14(18)13-7-6-11(3)16-12(13)4/h6-7,10H,5,9H2,1-4H3. The van der Waals surface area contributed by atoms with Crippen LogP contribution < -0.4 is 0 Å². The van der Waals surface area contributed by atoms with Crippen LogP contribution in [0.4, 0.5) is 0 Å². The van der Waals surface area contributed by atoms with Crippen molar-refractivity contribution in [2.24, 2.45) is 5.92 Å². The zero-order valence-corrected chi connectivity index (χ0v) is 11.4. The van der Waals surface area contributed by atoms with Gasteiger partial charge in [0, 0.05) is 18.8 Å². The summed E-state index contributed by atoms with van der Waals surface area (Å²) in [5.74, 6) is -0.211. The molecule has 0 spiro atoms. The molecule has 0 aromatic carbocycles. The lowest BCUT2D eigenvalue weighted by Gasteiger charge is -2.22. The van der Waals surface area contributed by atoms with Crippen LogP contribution in [0.3, 0.4) is 0 Å². The number of nitriles is 1. The first-order chi connectivity index (χ1) is 8.49. The van der Waals surface area contributed by atoms with Crippen LogP contribution in [0, 0.1) is 31.1 Å². The molecule has 0 bridgehead atoms. The minimum atomic E-state index is -0.160. The normalized spacial score (nSPS) is 11.7. The fourth-order valence-electron chi connectivity index (χ4n) is 1.81. The average Bonchev–Trinajstić information content (AvgIpc) is 2.34. The maximum atomic E-state index is 12.3. The Labute approximate surface area is 108 Å². The van der Waals surface area contributed by atoms with Gasteiger partial charge < -0.3 is 4.90 Å². The summed E-state index contributed by atoms with van der Waals surface area (Å²) >= 11 is 0. The smallest absolute Gasteiger partial charge is 0.255 e. The second-order valence-corrected chi connectivity index (χ2v) is 4.46. The third-order valence-corrected chi connectivity index (χ3v) is 2.84. The second kappa shape index (κ2) is 6.15. The Kier molecular flexibility index (Phi) is 4.85. The zero-order valence-electron chi connectivity index (χ0n) is 11.4. The molecule has 0 aliphatic rings. The van der Waals surface area contributed by atoms with Gasteiger partial charge in [0.25, 0.3) is 5.91 Å². The summed E-state index contributed by atoms with van der Waals surface area (Å²) in [6.07, 6.45) is 0. The minimum Gasteiger partial charge on any atom is -0.338 e. The SMILES string of the molecule is CCN(CC(C)C#N)C(=O)c1ccc(C)nc1C. The Morgan fingerprint density at radius 1 is 1.50 bits per heavy atom. The van der Waals surface area contributed by atoms with Crippen molar-refractivity contribution >= 4 is 5.91 Å². The molecule has 0 saturated carbocycles. The molecule has 0 aliphatic heterocycles. The van der Waals surface area contributed by atoms with Gasteiger partial charge in [-0.15, -0.1) is 0 Å². The van der Waals surface area contributed by atoms with E-state index in [1.165, 1.54) is 0 Å². The number of carbonyl (C=O) groups is 1. The van der Waals surface area contributed by atoms with E-state index in [9.17, 15) is 4.79 Å². The number of pyridine rings is 1. The van der Waals surface area contributed by atoms with Gasteiger partial charge in [-0.2, -0.15) is 5.26 Å². The Balaban J connectivity index is 2.94. The first kappa shape index (κ1) is 14.2. The minimum absolute atomic E-state index is 0.0513. The van der Waals surface area contributed by atoms with Crippen LogP contribution in [0.1, 0.15) is 35.6 Å². The van der Waals surface area contributed by atoms with E-state index in [1.54, 1.807) is 11.0 Å². The molecular formula is C14H19N3O. The number of carbonyl (C=O) groups excluding carboxylic acids is 1. The second-order valence-electron chi connectivity index (χ2n) is 4.46. The number of aromatic nitrogens is 1. The zero-order chi connectivity index (χ0) is 13.7. The highest BCUT2D eigenvalue weighted by Gasteiger charge is 2.18. The number of aryl methyl sites for hydroxylation is 2. The third-order valence-electron chi connectivity index (χ3n) is 2.84. The number of hydrogen-bond acceptors (Lipinski definition) is 3. The Morgan fingerprint density at radius 3 is 2.67 bits per heavy atom. The van der Waals surface area contributed by atoms with Crippen LogP contribution in [0.2, 0.25) is 0 Å². The Hall–Kier alpha value is -1.89. The van der Waals surface area contributed by atoms with Crippen molar-refractivity contribution in [3.8, 4) is 6.07 Å². The maximum absolute atomic E-state index is 12.3. The summed E-state index contributed by atoms with van der Waals surface area (Å²) in [6, 6.07) is 5.79. The van der Waals surface area contributed by atoms with Gasteiger partial charge in [-0.3, -0.25) is 9.78 Å². The predicted octanol–water partition coefficient (Wildman–Crippen LogP) is 2.32. The van der Waals surface area contributed by atoms with Crippen molar-refractivity contribution in [2.45, 2.75) is 27.7 Å². The van der Waals surface area contributed by atoms with Crippen LogP contribution in [0.5, 0.6) is 0 Å². The lowest BCUT2D eigenvalue weighted by molar-refractivity contribution is 0.0751. The lowest BCUT2D eigenvalue weighted by Crippen LogP contribution is -2.34. The fraction of sp³-hybridized carbons (Fsp3) is 0.500. The van der Waals surface area contributed by atoms with Crippen LogP contribution in [0.15, 0.2) is 12.1 Å². The number of nitrogens with zero attached hydrogens (tertiary/aromatic N) is 3. The van der Waals surface area contributed by atoms with Gasteiger partial charge in [0.2, 0.25) is 0 Å². The highest BCUT2D eigenvalue weighted by Crippen LogP contribution is 2.11. The molecule has 1 heterocycles. The largest absolute Gasteiger partial charge is 0.338 e. The van der Waals surface area contributed by atoms with E-state index in [-0.39, 0.29) is 11.8 Å². The molecule has 96 valence electrons. The number of rotatable bonds is 4. The molecule has 1 rings (SSSR count). The van der Waals surface area contributed by atoms with Gasteiger partial charge in [0.15, 0.2) is 0 Å². The first-order valence-corrected chi connectivity index (χ1v) is 6.12. The van der Waals surface area contributed by atoms with Crippen molar-refractivity contribution in [1.29, 1.82) is 5.26 Å². The van der Waals surface area contributed by atoms with E-state index in [4.69, 9.17) is 5.26 Å². The van der Waals surface area contributed by atoms with Gasteiger partial charge >= 0.3 is 0 Å². The van der Waals surface area contributed by atoms with Gasteiger partial charge in [0.1, 0.15) is 0 Å². The summed E-state index contributed by atoms with van der Waals surface area (Å²) in [5, 5.41) is 8.82. The molecule has 0 N–H and O–H groups in total. The van der Waals surface area contributed by atoms with E-state index >= 15 is 0 Å². The Morgan fingerprint density at radius 2 is 2.17 bits per heavy atom. The molecule has 0 radical (unpaired) electrons. The molecule has 0 saturated heterocycles. The van der Waals surface area contributed by atoms with Gasteiger partial charge in [-0.25, -0.2) is 0 Å². The van der Waals surface area contributed by atoms with Crippen LogP contribution in [-0.2, 0) is 0 Å².